The normalized spacial score (nSPS) is 18.3. The molecule has 0 radical (unpaired) electrons. The lowest BCUT2D eigenvalue weighted by atomic mass is 9.62. The van der Waals surface area contributed by atoms with E-state index in [-0.39, 0.29) is 16.7 Å². The van der Waals surface area contributed by atoms with E-state index in [2.05, 4.69) is 213 Å². The summed E-state index contributed by atoms with van der Waals surface area (Å²) in [7, 11) is 0. The molecule has 3 aliphatic carbocycles. The number of para-hydroxylation sites is 2. The van der Waals surface area contributed by atoms with Crippen LogP contribution in [0.5, 0.6) is 0 Å². The van der Waals surface area contributed by atoms with Gasteiger partial charge in [0.15, 0.2) is 0 Å². The van der Waals surface area contributed by atoms with Gasteiger partial charge in [0.1, 0.15) is 0 Å². The van der Waals surface area contributed by atoms with Crippen LogP contribution in [0, 0.1) is 0 Å². The Morgan fingerprint density at radius 1 is 0.552 bits per heavy atom. The lowest BCUT2D eigenvalue weighted by molar-refractivity contribution is 0.331. The molecular formula is C56H52N2. The van der Waals surface area contributed by atoms with Crippen LogP contribution in [0.1, 0.15) is 82.4 Å². The van der Waals surface area contributed by atoms with Gasteiger partial charge in [-0.3, -0.25) is 0 Å². The van der Waals surface area contributed by atoms with Crippen LogP contribution in [0.25, 0.3) is 38.6 Å². The summed E-state index contributed by atoms with van der Waals surface area (Å²) in [5.74, 6) is 0.264. The highest BCUT2D eigenvalue weighted by atomic mass is 15.1. The van der Waals surface area contributed by atoms with Gasteiger partial charge < -0.3 is 9.47 Å². The van der Waals surface area contributed by atoms with Crippen LogP contribution in [0.15, 0.2) is 187 Å². The van der Waals surface area contributed by atoms with Gasteiger partial charge in [-0.25, -0.2) is 0 Å². The highest BCUT2D eigenvalue weighted by Gasteiger charge is 2.37. The number of hydrogen-bond donors (Lipinski definition) is 0. The van der Waals surface area contributed by atoms with Gasteiger partial charge in [0, 0.05) is 39.4 Å². The van der Waals surface area contributed by atoms with Crippen LogP contribution in [-0.4, -0.2) is 4.57 Å². The van der Waals surface area contributed by atoms with Crippen molar-refractivity contribution in [2.75, 3.05) is 4.90 Å². The third-order valence-corrected chi connectivity index (χ3v) is 13.2. The van der Waals surface area contributed by atoms with Crippen molar-refractivity contribution in [1.29, 1.82) is 0 Å². The molecular weight excluding hydrogens is 701 g/mol. The van der Waals surface area contributed by atoms with E-state index in [4.69, 9.17) is 0 Å². The maximum atomic E-state index is 2.58. The van der Waals surface area contributed by atoms with E-state index in [0.29, 0.717) is 0 Å². The summed E-state index contributed by atoms with van der Waals surface area (Å²) in [6.45, 7) is 9.74. The van der Waals surface area contributed by atoms with Crippen molar-refractivity contribution in [3.63, 3.8) is 0 Å². The standard InChI is InChI=1S/C56H52N2/c1-55(2)32-33-56(3,4)52-37-42(26-30-51(52)55)44-34-43(40-18-10-6-11-19-40)35-48(36-44)58-53-23-15-14-22-49(53)50-38-47(29-31-54(50)58)57(45-20-12-7-13-21-45)46-27-24-41(25-28-46)39-16-8-5-9-17-39/h5,7-10,12-31,34-35,37-38,44H,6,11,32-33,36H2,1-4H3. The van der Waals surface area contributed by atoms with E-state index < -0.39 is 0 Å². The molecule has 1 atom stereocenters. The first-order valence-corrected chi connectivity index (χ1v) is 21.2. The second-order valence-electron chi connectivity index (χ2n) is 17.9. The highest BCUT2D eigenvalue weighted by molar-refractivity contribution is 6.11. The van der Waals surface area contributed by atoms with Crippen LogP contribution in [0.3, 0.4) is 0 Å². The molecule has 0 spiro atoms. The molecule has 0 fully saturated rings. The highest BCUT2D eigenvalue weighted by Crippen LogP contribution is 2.48. The number of fused-ring (bicyclic) bond motifs is 4. The van der Waals surface area contributed by atoms with E-state index in [1.807, 2.05) is 0 Å². The topological polar surface area (TPSA) is 8.17 Å². The fraction of sp³-hybridized carbons (Fsp3) is 0.214. The largest absolute Gasteiger partial charge is 0.313 e. The zero-order valence-corrected chi connectivity index (χ0v) is 34.3. The fourth-order valence-corrected chi connectivity index (χ4v) is 9.87. The zero-order valence-electron chi connectivity index (χ0n) is 34.3. The molecule has 0 aliphatic heterocycles. The minimum Gasteiger partial charge on any atom is -0.313 e. The molecule has 0 saturated carbocycles. The Bertz CT molecular complexity index is 2790. The Morgan fingerprint density at radius 2 is 1.21 bits per heavy atom. The summed E-state index contributed by atoms with van der Waals surface area (Å²) in [5, 5.41) is 2.54. The quantitative estimate of drug-likeness (QED) is 0.157. The maximum Gasteiger partial charge on any atom is 0.0539 e. The van der Waals surface area contributed by atoms with Gasteiger partial charge in [0.2, 0.25) is 0 Å². The van der Waals surface area contributed by atoms with Gasteiger partial charge in [-0.2, -0.15) is 0 Å². The van der Waals surface area contributed by atoms with Crippen molar-refractivity contribution in [2.45, 2.75) is 76.5 Å². The van der Waals surface area contributed by atoms with E-state index in [1.165, 1.54) is 79.3 Å². The fourth-order valence-electron chi connectivity index (χ4n) is 9.87. The number of aromatic nitrogens is 1. The van der Waals surface area contributed by atoms with E-state index in [1.54, 1.807) is 0 Å². The summed E-state index contributed by atoms with van der Waals surface area (Å²) in [4.78, 5) is 2.39. The summed E-state index contributed by atoms with van der Waals surface area (Å²) in [6, 6.07) is 53.9. The van der Waals surface area contributed by atoms with Gasteiger partial charge in [-0.05, 0) is 137 Å². The number of nitrogens with zero attached hydrogens (tertiary/aromatic N) is 2. The smallest absolute Gasteiger partial charge is 0.0539 e. The summed E-state index contributed by atoms with van der Waals surface area (Å²) in [5.41, 5.74) is 17.2. The molecule has 1 unspecified atom stereocenters. The van der Waals surface area contributed by atoms with Crippen molar-refractivity contribution in [3.8, 4) is 11.1 Å². The monoisotopic (exact) mass is 752 g/mol. The first-order valence-electron chi connectivity index (χ1n) is 21.2. The lowest BCUT2D eigenvalue weighted by Gasteiger charge is -2.42. The number of anilines is 3. The molecule has 0 N–H and O–H groups in total. The van der Waals surface area contributed by atoms with Crippen LogP contribution in [0.4, 0.5) is 17.1 Å². The van der Waals surface area contributed by atoms with Gasteiger partial charge in [-0.1, -0.05) is 149 Å². The van der Waals surface area contributed by atoms with Gasteiger partial charge >= 0.3 is 0 Å². The maximum absolute atomic E-state index is 2.58. The molecule has 0 bridgehead atoms. The second-order valence-corrected chi connectivity index (χ2v) is 17.9. The summed E-state index contributed by atoms with van der Waals surface area (Å²) in [6.07, 6.45) is 17.7. The van der Waals surface area contributed by atoms with Crippen molar-refractivity contribution in [3.05, 3.63) is 204 Å². The molecule has 10 rings (SSSR count). The van der Waals surface area contributed by atoms with Crippen LogP contribution >= 0.6 is 0 Å². The van der Waals surface area contributed by atoms with E-state index in [9.17, 15) is 0 Å². The Kier molecular flexibility index (Phi) is 8.97. The second kappa shape index (κ2) is 14.4. The number of hydrogen-bond acceptors (Lipinski definition) is 1. The minimum atomic E-state index is 0.164. The minimum absolute atomic E-state index is 0.164. The summed E-state index contributed by atoms with van der Waals surface area (Å²) < 4.78 is 2.56. The molecule has 6 aromatic carbocycles. The Balaban J connectivity index is 1.10. The predicted octanol–water partition coefficient (Wildman–Crippen LogP) is 15.5. The Morgan fingerprint density at radius 3 is 1.97 bits per heavy atom. The molecule has 1 heterocycles. The van der Waals surface area contributed by atoms with Crippen LogP contribution < -0.4 is 4.90 Å². The molecule has 2 heteroatoms. The summed E-state index contributed by atoms with van der Waals surface area (Å²) >= 11 is 0. The SMILES string of the molecule is CC1(C)CCC(C)(C)c2cc(C3C=C(C4=CCCC=C4)C=C(n4c5ccccc5c5cc(N(c6ccccc6)c6ccc(-c7ccccc7)cc6)ccc54)C3)ccc21. The predicted molar refractivity (Wildman–Crippen MR) is 247 cm³/mol. The van der Waals surface area contributed by atoms with Crippen molar-refractivity contribution < 1.29 is 0 Å². The van der Waals surface area contributed by atoms with Gasteiger partial charge in [0.05, 0.1) is 11.0 Å². The molecule has 2 nitrogen and oxygen atoms in total. The third-order valence-electron chi connectivity index (χ3n) is 13.2. The van der Waals surface area contributed by atoms with Gasteiger partial charge in [0.25, 0.3) is 0 Å². The van der Waals surface area contributed by atoms with Crippen molar-refractivity contribution in [1.82, 2.24) is 4.57 Å². The van der Waals surface area contributed by atoms with Gasteiger partial charge in [-0.15, -0.1) is 0 Å². The molecule has 7 aromatic rings. The Labute approximate surface area is 344 Å². The average Bonchev–Trinajstić information content (AvgIpc) is 3.60. The molecule has 1 aromatic heterocycles. The first kappa shape index (κ1) is 36.2. The van der Waals surface area contributed by atoms with Crippen LogP contribution in [-0.2, 0) is 10.8 Å². The average molecular weight is 753 g/mol. The zero-order chi connectivity index (χ0) is 39.4. The Hall–Kier alpha value is -6.12. The van der Waals surface area contributed by atoms with Crippen molar-refractivity contribution >= 4 is 44.6 Å². The molecule has 58 heavy (non-hydrogen) atoms. The number of allylic oxidation sites excluding steroid dienone is 8. The van der Waals surface area contributed by atoms with E-state index in [0.717, 1.165) is 36.3 Å². The van der Waals surface area contributed by atoms with E-state index >= 15 is 0 Å². The molecule has 0 amide bonds. The molecule has 286 valence electrons. The first-order chi connectivity index (χ1) is 28.2. The van der Waals surface area contributed by atoms with Crippen molar-refractivity contribution in [2.24, 2.45) is 0 Å². The molecule has 3 aliphatic rings. The number of benzene rings is 6. The van der Waals surface area contributed by atoms with Crippen LogP contribution in [0.2, 0.25) is 0 Å². The number of rotatable bonds is 7. The molecule has 0 saturated heterocycles. The lowest BCUT2D eigenvalue weighted by Crippen LogP contribution is -2.34. The third kappa shape index (κ3) is 6.45.